The van der Waals surface area contributed by atoms with Gasteiger partial charge in [-0.05, 0) is 37.6 Å². The third kappa shape index (κ3) is 2.72. The number of rotatable bonds is 2. The van der Waals surface area contributed by atoms with Crippen LogP contribution >= 0.6 is 0 Å². The highest BCUT2D eigenvalue weighted by Gasteiger charge is 2.26. The van der Waals surface area contributed by atoms with Crippen LogP contribution in [0.2, 0.25) is 0 Å². The quantitative estimate of drug-likeness (QED) is 0.878. The van der Waals surface area contributed by atoms with Gasteiger partial charge in [0.15, 0.2) is 0 Å². The van der Waals surface area contributed by atoms with E-state index >= 15 is 0 Å². The van der Waals surface area contributed by atoms with Crippen molar-refractivity contribution >= 4 is 5.91 Å². The van der Waals surface area contributed by atoms with Gasteiger partial charge in [0.2, 0.25) is 0 Å². The molecule has 2 fully saturated rings. The van der Waals surface area contributed by atoms with Gasteiger partial charge in [0, 0.05) is 38.3 Å². The SMILES string of the molecule is CN1CCN(C(=O)c2ccccc2[C@H]2CCNC2)CC1. The maximum Gasteiger partial charge on any atom is 0.254 e. The summed E-state index contributed by atoms with van der Waals surface area (Å²) in [6.45, 7) is 5.67. The Kier molecular flexibility index (Phi) is 4.03. The Morgan fingerprint density at radius 2 is 1.95 bits per heavy atom. The molecule has 0 radical (unpaired) electrons. The van der Waals surface area contributed by atoms with Crippen molar-refractivity contribution < 1.29 is 4.79 Å². The molecule has 1 atom stereocenters. The molecule has 0 aromatic heterocycles. The summed E-state index contributed by atoms with van der Waals surface area (Å²) in [7, 11) is 2.11. The average Bonchev–Trinajstić information content (AvgIpc) is 3.01. The molecule has 1 amide bonds. The molecule has 2 saturated heterocycles. The smallest absolute Gasteiger partial charge is 0.254 e. The van der Waals surface area contributed by atoms with Gasteiger partial charge in [-0.15, -0.1) is 0 Å². The minimum absolute atomic E-state index is 0.209. The topological polar surface area (TPSA) is 35.6 Å². The van der Waals surface area contributed by atoms with Gasteiger partial charge in [0.25, 0.3) is 5.91 Å². The zero-order valence-electron chi connectivity index (χ0n) is 12.1. The highest BCUT2D eigenvalue weighted by Crippen LogP contribution is 2.26. The number of amides is 1. The van der Waals surface area contributed by atoms with Crippen LogP contribution in [-0.4, -0.2) is 62.0 Å². The van der Waals surface area contributed by atoms with Crippen LogP contribution in [0.1, 0.15) is 28.3 Å². The fourth-order valence-electron chi connectivity index (χ4n) is 3.15. The van der Waals surface area contributed by atoms with Crippen molar-refractivity contribution in [3.63, 3.8) is 0 Å². The molecule has 0 unspecified atom stereocenters. The molecule has 4 nitrogen and oxygen atoms in total. The second-order valence-corrected chi connectivity index (χ2v) is 5.87. The number of nitrogens with zero attached hydrogens (tertiary/aromatic N) is 2. The summed E-state index contributed by atoms with van der Waals surface area (Å²) in [5, 5.41) is 3.39. The van der Waals surface area contributed by atoms with E-state index in [1.54, 1.807) is 0 Å². The van der Waals surface area contributed by atoms with Gasteiger partial charge in [-0.2, -0.15) is 0 Å². The molecule has 2 aliphatic heterocycles. The second-order valence-electron chi connectivity index (χ2n) is 5.87. The molecule has 1 aromatic carbocycles. The minimum Gasteiger partial charge on any atom is -0.336 e. The molecule has 0 aliphatic carbocycles. The largest absolute Gasteiger partial charge is 0.336 e. The molecule has 0 spiro atoms. The van der Waals surface area contributed by atoms with Gasteiger partial charge in [-0.25, -0.2) is 0 Å². The Hall–Kier alpha value is -1.39. The molecule has 108 valence electrons. The van der Waals surface area contributed by atoms with Crippen molar-refractivity contribution in [1.82, 2.24) is 15.1 Å². The monoisotopic (exact) mass is 273 g/mol. The summed E-state index contributed by atoms with van der Waals surface area (Å²) in [5.41, 5.74) is 2.13. The number of carbonyl (C=O) groups is 1. The molecular weight excluding hydrogens is 250 g/mol. The maximum atomic E-state index is 12.8. The summed E-state index contributed by atoms with van der Waals surface area (Å²) in [6, 6.07) is 8.15. The van der Waals surface area contributed by atoms with Gasteiger partial charge in [-0.1, -0.05) is 18.2 Å². The third-order valence-corrected chi connectivity index (χ3v) is 4.48. The standard InChI is InChI=1S/C16H23N3O/c1-18-8-10-19(11-9-18)16(20)15-5-3-2-4-14(15)13-6-7-17-12-13/h2-5,13,17H,6-12H2,1H3/t13-/m0/s1. The zero-order chi connectivity index (χ0) is 13.9. The van der Waals surface area contributed by atoms with Crippen LogP contribution in [-0.2, 0) is 0 Å². The molecule has 3 rings (SSSR count). The summed E-state index contributed by atoms with van der Waals surface area (Å²) in [6.07, 6.45) is 1.13. The van der Waals surface area contributed by atoms with E-state index in [0.29, 0.717) is 5.92 Å². The van der Waals surface area contributed by atoms with E-state index in [0.717, 1.165) is 51.3 Å². The molecule has 2 heterocycles. The number of carbonyl (C=O) groups excluding carboxylic acids is 1. The lowest BCUT2D eigenvalue weighted by Gasteiger charge is -2.33. The van der Waals surface area contributed by atoms with Gasteiger partial charge >= 0.3 is 0 Å². The number of hydrogen-bond acceptors (Lipinski definition) is 3. The second kappa shape index (κ2) is 5.94. The zero-order valence-corrected chi connectivity index (χ0v) is 12.1. The summed E-state index contributed by atoms with van der Waals surface area (Å²) in [4.78, 5) is 17.0. The molecule has 1 aromatic rings. The highest BCUT2D eigenvalue weighted by molar-refractivity contribution is 5.96. The van der Waals surface area contributed by atoms with Gasteiger partial charge in [-0.3, -0.25) is 4.79 Å². The first-order chi connectivity index (χ1) is 9.75. The molecule has 0 saturated carbocycles. The van der Waals surface area contributed by atoms with Crippen LogP contribution in [0, 0.1) is 0 Å². The van der Waals surface area contributed by atoms with Crippen molar-refractivity contribution in [1.29, 1.82) is 0 Å². The Bertz CT molecular complexity index is 474. The highest BCUT2D eigenvalue weighted by atomic mass is 16.2. The van der Waals surface area contributed by atoms with Gasteiger partial charge < -0.3 is 15.1 Å². The lowest BCUT2D eigenvalue weighted by atomic mass is 9.93. The maximum absolute atomic E-state index is 12.8. The van der Waals surface area contributed by atoms with E-state index < -0.39 is 0 Å². The van der Waals surface area contributed by atoms with Crippen LogP contribution in [0.15, 0.2) is 24.3 Å². The normalized spacial score (nSPS) is 24.1. The predicted octanol–water partition coefficient (Wildman–Crippen LogP) is 1.15. The van der Waals surface area contributed by atoms with Crippen molar-refractivity contribution in [2.45, 2.75) is 12.3 Å². The molecule has 2 aliphatic rings. The number of likely N-dealkylation sites (N-methyl/N-ethyl adjacent to an activating group) is 1. The Morgan fingerprint density at radius 1 is 1.20 bits per heavy atom. The summed E-state index contributed by atoms with van der Waals surface area (Å²) >= 11 is 0. The van der Waals surface area contributed by atoms with Gasteiger partial charge in [0.05, 0.1) is 0 Å². The van der Waals surface area contributed by atoms with E-state index in [9.17, 15) is 4.79 Å². The molecular formula is C16H23N3O. The number of hydrogen-bond donors (Lipinski definition) is 1. The van der Waals surface area contributed by atoms with Crippen LogP contribution in [0.5, 0.6) is 0 Å². The van der Waals surface area contributed by atoms with Crippen LogP contribution in [0.4, 0.5) is 0 Å². The first kappa shape index (κ1) is 13.6. The van der Waals surface area contributed by atoms with Crippen LogP contribution in [0.25, 0.3) is 0 Å². The fourth-order valence-corrected chi connectivity index (χ4v) is 3.15. The number of benzene rings is 1. The summed E-state index contributed by atoms with van der Waals surface area (Å²) in [5.74, 6) is 0.697. The Balaban J connectivity index is 1.80. The Morgan fingerprint density at radius 3 is 2.65 bits per heavy atom. The molecule has 0 bridgehead atoms. The first-order valence-electron chi connectivity index (χ1n) is 7.53. The predicted molar refractivity (Wildman–Crippen MR) is 80.1 cm³/mol. The van der Waals surface area contributed by atoms with Crippen molar-refractivity contribution in [3.8, 4) is 0 Å². The summed E-state index contributed by atoms with van der Waals surface area (Å²) < 4.78 is 0. The van der Waals surface area contributed by atoms with Gasteiger partial charge in [0.1, 0.15) is 0 Å². The fraction of sp³-hybridized carbons (Fsp3) is 0.562. The van der Waals surface area contributed by atoms with E-state index in [-0.39, 0.29) is 5.91 Å². The van der Waals surface area contributed by atoms with Crippen molar-refractivity contribution in [2.75, 3.05) is 46.3 Å². The van der Waals surface area contributed by atoms with Crippen LogP contribution in [0.3, 0.4) is 0 Å². The number of nitrogens with one attached hydrogen (secondary N) is 1. The van der Waals surface area contributed by atoms with E-state index in [4.69, 9.17) is 0 Å². The Labute approximate surface area is 120 Å². The van der Waals surface area contributed by atoms with E-state index in [2.05, 4.69) is 29.4 Å². The number of piperazine rings is 1. The van der Waals surface area contributed by atoms with Crippen molar-refractivity contribution in [2.24, 2.45) is 0 Å². The van der Waals surface area contributed by atoms with E-state index in [1.807, 2.05) is 17.0 Å². The van der Waals surface area contributed by atoms with Crippen LogP contribution < -0.4 is 5.32 Å². The molecule has 1 N–H and O–H groups in total. The minimum atomic E-state index is 0.209. The lowest BCUT2D eigenvalue weighted by molar-refractivity contribution is 0.0662. The average molecular weight is 273 g/mol. The first-order valence-corrected chi connectivity index (χ1v) is 7.53. The molecule has 4 heteroatoms. The third-order valence-electron chi connectivity index (χ3n) is 4.48. The molecule has 20 heavy (non-hydrogen) atoms. The lowest BCUT2D eigenvalue weighted by Crippen LogP contribution is -2.47. The van der Waals surface area contributed by atoms with E-state index in [1.165, 1.54) is 5.56 Å². The van der Waals surface area contributed by atoms with Crippen molar-refractivity contribution in [3.05, 3.63) is 35.4 Å².